The summed E-state index contributed by atoms with van der Waals surface area (Å²) in [6, 6.07) is 1.04. The molecule has 5 nitrogen and oxygen atoms in total. The van der Waals surface area contributed by atoms with Crippen molar-refractivity contribution in [3.63, 3.8) is 0 Å². The first-order chi connectivity index (χ1) is 7.34. The molecule has 2 bridgehead atoms. The summed E-state index contributed by atoms with van der Waals surface area (Å²) in [7, 11) is 0. The molecule has 0 aliphatic carbocycles. The highest BCUT2D eigenvalue weighted by Crippen LogP contribution is 2.29. The van der Waals surface area contributed by atoms with Crippen LogP contribution in [0.25, 0.3) is 0 Å². The largest absolute Gasteiger partial charge is 0.505 e. The summed E-state index contributed by atoms with van der Waals surface area (Å²) in [5.74, 6) is 0.878. The fraction of sp³-hybridized carbons (Fsp3) is 0.600. The molecule has 15 heavy (non-hydrogen) atoms. The monoisotopic (exact) mass is 206 g/mol. The first-order valence-corrected chi connectivity index (χ1v) is 5.34. The Balaban J connectivity index is 1.90. The molecule has 0 unspecified atom stereocenters. The minimum atomic E-state index is 0.126. The maximum absolute atomic E-state index is 9.15. The smallest absolute Gasteiger partial charge is 0.226 e. The van der Waals surface area contributed by atoms with Gasteiger partial charge in [-0.2, -0.15) is 0 Å². The first-order valence-electron chi connectivity index (χ1n) is 5.34. The Kier molecular flexibility index (Phi) is 1.98. The fourth-order valence-corrected chi connectivity index (χ4v) is 2.55. The van der Waals surface area contributed by atoms with Gasteiger partial charge in [0.15, 0.2) is 5.75 Å². The third-order valence-corrected chi connectivity index (χ3v) is 3.24. The van der Waals surface area contributed by atoms with Crippen molar-refractivity contribution in [1.29, 1.82) is 0 Å². The van der Waals surface area contributed by atoms with Crippen LogP contribution in [-0.4, -0.2) is 40.2 Å². The predicted molar refractivity (Wildman–Crippen MR) is 55.9 cm³/mol. The highest BCUT2D eigenvalue weighted by atomic mass is 16.3. The van der Waals surface area contributed by atoms with Crippen molar-refractivity contribution in [3.8, 4) is 5.75 Å². The molecule has 0 radical (unpaired) electrons. The van der Waals surface area contributed by atoms with Crippen LogP contribution in [-0.2, 0) is 0 Å². The van der Waals surface area contributed by atoms with Crippen molar-refractivity contribution in [2.75, 3.05) is 18.0 Å². The number of hydrogen-bond donors (Lipinski definition) is 2. The SMILES string of the molecule is Oc1cnc(N2[C@@H]3CC[C@H]2CNC3)nc1. The van der Waals surface area contributed by atoms with Gasteiger partial charge >= 0.3 is 0 Å². The summed E-state index contributed by atoms with van der Waals surface area (Å²) in [5, 5.41) is 12.6. The second-order valence-corrected chi connectivity index (χ2v) is 4.19. The molecular formula is C10H14N4O. The number of nitrogens with zero attached hydrogens (tertiary/aromatic N) is 3. The molecule has 2 aliphatic heterocycles. The van der Waals surface area contributed by atoms with Crippen LogP contribution in [0.5, 0.6) is 5.75 Å². The molecular weight excluding hydrogens is 192 g/mol. The molecule has 1 aromatic heterocycles. The fourth-order valence-electron chi connectivity index (χ4n) is 2.55. The Morgan fingerprint density at radius 3 is 2.40 bits per heavy atom. The Morgan fingerprint density at radius 1 is 1.20 bits per heavy atom. The Morgan fingerprint density at radius 2 is 1.80 bits per heavy atom. The lowest BCUT2D eigenvalue weighted by molar-refractivity contribution is 0.461. The van der Waals surface area contributed by atoms with Crippen LogP contribution in [0, 0.1) is 0 Å². The van der Waals surface area contributed by atoms with Gasteiger partial charge in [-0.3, -0.25) is 0 Å². The van der Waals surface area contributed by atoms with E-state index in [9.17, 15) is 0 Å². The molecule has 2 fully saturated rings. The first kappa shape index (κ1) is 8.91. The van der Waals surface area contributed by atoms with E-state index in [1.54, 1.807) is 0 Å². The van der Waals surface area contributed by atoms with Crippen LogP contribution in [0.3, 0.4) is 0 Å². The van der Waals surface area contributed by atoms with Crippen molar-refractivity contribution in [1.82, 2.24) is 15.3 Å². The summed E-state index contributed by atoms with van der Waals surface area (Å²) >= 11 is 0. The lowest BCUT2D eigenvalue weighted by Gasteiger charge is -2.35. The average molecular weight is 206 g/mol. The maximum Gasteiger partial charge on any atom is 0.226 e. The van der Waals surface area contributed by atoms with Gasteiger partial charge in [-0.25, -0.2) is 9.97 Å². The second-order valence-electron chi connectivity index (χ2n) is 4.19. The zero-order chi connectivity index (χ0) is 10.3. The second kappa shape index (κ2) is 3.34. The maximum atomic E-state index is 9.15. The molecule has 80 valence electrons. The number of nitrogens with one attached hydrogen (secondary N) is 1. The zero-order valence-electron chi connectivity index (χ0n) is 8.43. The number of fused-ring (bicyclic) bond motifs is 2. The van der Waals surface area contributed by atoms with Crippen molar-refractivity contribution >= 4 is 5.95 Å². The normalized spacial score (nSPS) is 29.5. The molecule has 3 rings (SSSR count). The minimum absolute atomic E-state index is 0.126. The molecule has 2 atom stereocenters. The number of hydrogen-bond acceptors (Lipinski definition) is 5. The van der Waals surface area contributed by atoms with Crippen molar-refractivity contribution in [2.45, 2.75) is 24.9 Å². The van der Waals surface area contributed by atoms with E-state index in [0.717, 1.165) is 19.0 Å². The van der Waals surface area contributed by atoms with Crippen molar-refractivity contribution < 1.29 is 5.11 Å². The van der Waals surface area contributed by atoms with E-state index in [4.69, 9.17) is 5.11 Å². The summed E-state index contributed by atoms with van der Waals surface area (Å²) < 4.78 is 0. The van der Waals surface area contributed by atoms with Gasteiger partial charge in [0, 0.05) is 25.2 Å². The summed E-state index contributed by atoms with van der Waals surface area (Å²) in [6.45, 7) is 2.03. The van der Waals surface area contributed by atoms with Crippen LogP contribution in [0.1, 0.15) is 12.8 Å². The molecule has 2 aliphatic rings. The highest BCUT2D eigenvalue weighted by molar-refractivity contribution is 5.38. The van der Waals surface area contributed by atoms with Crippen molar-refractivity contribution in [2.24, 2.45) is 0 Å². The van der Waals surface area contributed by atoms with Gasteiger partial charge < -0.3 is 15.3 Å². The molecule has 0 amide bonds. The lowest BCUT2D eigenvalue weighted by Crippen LogP contribution is -2.52. The van der Waals surface area contributed by atoms with Gasteiger partial charge in [-0.1, -0.05) is 0 Å². The van der Waals surface area contributed by atoms with E-state index < -0.39 is 0 Å². The number of anilines is 1. The van der Waals surface area contributed by atoms with E-state index in [1.165, 1.54) is 25.2 Å². The van der Waals surface area contributed by atoms with E-state index >= 15 is 0 Å². The lowest BCUT2D eigenvalue weighted by atomic mass is 10.2. The van der Waals surface area contributed by atoms with E-state index in [0.29, 0.717) is 12.1 Å². The van der Waals surface area contributed by atoms with E-state index in [-0.39, 0.29) is 5.75 Å². The third-order valence-electron chi connectivity index (χ3n) is 3.24. The van der Waals surface area contributed by atoms with Gasteiger partial charge in [0.05, 0.1) is 12.4 Å². The number of piperazine rings is 1. The predicted octanol–water partition coefficient (Wildman–Crippen LogP) is 0.123. The van der Waals surface area contributed by atoms with Gasteiger partial charge in [-0.05, 0) is 12.8 Å². The molecule has 1 aromatic rings. The molecule has 5 heteroatoms. The zero-order valence-corrected chi connectivity index (χ0v) is 8.43. The highest BCUT2D eigenvalue weighted by Gasteiger charge is 2.37. The third kappa shape index (κ3) is 1.43. The minimum Gasteiger partial charge on any atom is -0.505 e. The standard InChI is InChI=1S/C10H14N4O/c15-9-5-12-10(13-6-9)14-7-1-2-8(14)4-11-3-7/h5-8,11,15H,1-4H2/t7-,8+. The Labute approximate surface area is 88.2 Å². The van der Waals surface area contributed by atoms with Gasteiger partial charge in [0.1, 0.15) is 0 Å². The van der Waals surface area contributed by atoms with Gasteiger partial charge in [-0.15, -0.1) is 0 Å². The van der Waals surface area contributed by atoms with Crippen LogP contribution < -0.4 is 10.2 Å². The Hall–Kier alpha value is -1.36. The Bertz CT molecular complexity index is 337. The summed E-state index contributed by atoms with van der Waals surface area (Å²) in [4.78, 5) is 10.6. The van der Waals surface area contributed by atoms with Gasteiger partial charge in [0.25, 0.3) is 0 Å². The molecule has 0 spiro atoms. The van der Waals surface area contributed by atoms with Crippen LogP contribution in [0.4, 0.5) is 5.95 Å². The topological polar surface area (TPSA) is 61.3 Å². The molecule has 0 saturated carbocycles. The quantitative estimate of drug-likeness (QED) is 0.683. The van der Waals surface area contributed by atoms with Gasteiger partial charge in [0.2, 0.25) is 5.95 Å². The van der Waals surface area contributed by atoms with E-state index in [2.05, 4.69) is 20.2 Å². The summed E-state index contributed by atoms with van der Waals surface area (Å²) in [6.07, 6.45) is 5.34. The van der Waals surface area contributed by atoms with E-state index in [1.807, 2.05) is 0 Å². The molecule has 2 saturated heterocycles. The molecule has 2 N–H and O–H groups in total. The van der Waals surface area contributed by atoms with Crippen LogP contribution >= 0.6 is 0 Å². The van der Waals surface area contributed by atoms with Crippen molar-refractivity contribution in [3.05, 3.63) is 12.4 Å². The summed E-state index contributed by atoms with van der Waals surface area (Å²) in [5.41, 5.74) is 0. The molecule has 0 aromatic carbocycles. The number of aromatic hydroxyl groups is 1. The number of rotatable bonds is 1. The average Bonchev–Trinajstić information content (AvgIpc) is 2.51. The number of aromatic nitrogens is 2. The molecule has 3 heterocycles. The van der Waals surface area contributed by atoms with Crippen LogP contribution in [0.2, 0.25) is 0 Å². The van der Waals surface area contributed by atoms with Crippen LogP contribution in [0.15, 0.2) is 12.4 Å².